The summed E-state index contributed by atoms with van der Waals surface area (Å²) in [5.74, 6) is -1.06. The number of hydrogen-bond donors (Lipinski definition) is 2. The molecule has 0 spiro atoms. The number of rotatable bonds is 6. The molecule has 0 heterocycles. The molecule has 8 nitrogen and oxygen atoms in total. The van der Waals surface area contributed by atoms with Gasteiger partial charge in [-0.2, -0.15) is 13.2 Å². The van der Waals surface area contributed by atoms with Crippen molar-refractivity contribution in [3.8, 4) is 0 Å². The van der Waals surface area contributed by atoms with Crippen LogP contribution in [0.3, 0.4) is 0 Å². The summed E-state index contributed by atoms with van der Waals surface area (Å²) >= 11 is 5.75. The number of alkyl halides is 3. The fraction of sp³-hybridized carbons (Fsp3) is 0.0500. The van der Waals surface area contributed by atoms with Crippen molar-refractivity contribution in [2.75, 3.05) is 10.0 Å². The number of nitrogens with zero attached hydrogens (tertiary/aromatic N) is 1. The van der Waals surface area contributed by atoms with Gasteiger partial charge in [-0.05, 0) is 48.5 Å². The summed E-state index contributed by atoms with van der Waals surface area (Å²) in [5.41, 5.74) is -2.59. The van der Waals surface area contributed by atoms with E-state index < -0.39 is 43.8 Å². The number of nitro groups is 1. The average Bonchev–Trinajstić information content (AvgIpc) is 2.73. The van der Waals surface area contributed by atoms with Crippen LogP contribution in [-0.4, -0.2) is 19.2 Å². The Hall–Kier alpha value is -3.64. The van der Waals surface area contributed by atoms with Crippen LogP contribution in [-0.2, 0) is 16.2 Å². The lowest BCUT2D eigenvalue weighted by Gasteiger charge is -2.14. The highest BCUT2D eigenvalue weighted by atomic mass is 35.5. The number of amides is 1. The molecule has 33 heavy (non-hydrogen) atoms. The first-order valence-electron chi connectivity index (χ1n) is 8.92. The van der Waals surface area contributed by atoms with Crippen molar-refractivity contribution in [1.82, 2.24) is 0 Å². The third-order valence-corrected chi connectivity index (χ3v) is 5.91. The van der Waals surface area contributed by atoms with Crippen molar-refractivity contribution in [3.63, 3.8) is 0 Å². The molecule has 0 unspecified atom stereocenters. The van der Waals surface area contributed by atoms with Crippen molar-refractivity contribution >= 4 is 44.6 Å². The van der Waals surface area contributed by atoms with E-state index in [2.05, 4.69) is 10.0 Å². The van der Waals surface area contributed by atoms with Gasteiger partial charge in [0.05, 0.1) is 26.6 Å². The molecule has 0 atom stereocenters. The number of nitro benzene ring substituents is 1. The summed E-state index contributed by atoms with van der Waals surface area (Å²) in [6.07, 6.45) is -4.66. The monoisotopic (exact) mass is 499 g/mol. The summed E-state index contributed by atoms with van der Waals surface area (Å²) in [6.45, 7) is 0. The third-order valence-electron chi connectivity index (χ3n) is 4.27. The number of carbonyl (C=O) groups excluding carboxylic acids is 1. The average molecular weight is 500 g/mol. The van der Waals surface area contributed by atoms with Gasteiger partial charge in [0.1, 0.15) is 0 Å². The fourth-order valence-electron chi connectivity index (χ4n) is 2.71. The van der Waals surface area contributed by atoms with Crippen LogP contribution < -0.4 is 10.0 Å². The molecule has 0 fully saturated rings. The molecule has 0 aliphatic rings. The first-order chi connectivity index (χ1) is 15.4. The second-order valence-corrected chi connectivity index (χ2v) is 8.70. The number of carbonyl (C=O) groups is 1. The number of sulfonamides is 1. The van der Waals surface area contributed by atoms with Crippen LogP contribution in [0.4, 0.5) is 30.2 Å². The Morgan fingerprint density at radius 3 is 2.27 bits per heavy atom. The lowest BCUT2D eigenvalue weighted by atomic mass is 10.1. The molecule has 2 N–H and O–H groups in total. The number of anilines is 2. The van der Waals surface area contributed by atoms with E-state index in [4.69, 9.17) is 11.6 Å². The number of halogens is 4. The molecule has 0 aliphatic carbocycles. The lowest BCUT2D eigenvalue weighted by Crippen LogP contribution is -2.19. The van der Waals surface area contributed by atoms with E-state index in [0.717, 1.165) is 30.3 Å². The largest absolute Gasteiger partial charge is 0.416 e. The van der Waals surface area contributed by atoms with E-state index >= 15 is 0 Å². The van der Waals surface area contributed by atoms with Gasteiger partial charge in [0, 0.05) is 22.8 Å². The van der Waals surface area contributed by atoms with E-state index in [0.29, 0.717) is 6.07 Å². The molecule has 1 amide bonds. The van der Waals surface area contributed by atoms with Crippen molar-refractivity contribution < 1.29 is 31.3 Å². The second-order valence-electron chi connectivity index (χ2n) is 6.58. The van der Waals surface area contributed by atoms with Crippen LogP contribution in [0, 0.1) is 10.1 Å². The van der Waals surface area contributed by atoms with Crippen LogP contribution in [0.2, 0.25) is 5.02 Å². The first kappa shape index (κ1) is 24.0. The van der Waals surface area contributed by atoms with Gasteiger partial charge in [-0.3, -0.25) is 19.6 Å². The van der Waals surface area contributed by atoms with Gasteiger partial charge in [0.15, 0.2) is 0 Å². The molecule has 0 aromatic heterocycles. The number of benzene rings is 3. The predicted octanol–water partition coefficient (Wildman–Crippen LogP) is 5.32. The Balaban J connectivity index is 1.98. The lowest BCUT2D eigenvalue weighted by molar-refractivity contribution is -0.384. The highest BCUT2D eigenvalue weighted by Crippen LogP contribution is 2.31. The maximum atomic E-state index is 12.9. The molecule has 3 rings (SSSR count). The first-order valence-corrected chi connectivity index (χ1v) is 10.8. The van der Waals surface area contributed by atoms with Gasteiger partial charge in [-0.1, -0.05) is 17.7 Å². The second kappa shape index (κ2) is 9.08. The minimum absolute atomic E-state index is 0.200. The zero-order valence-electron chi connectivity index (χ0n) is 16.3. The van der Waals surface area contributed by atoms with Crippen LogP contribution in [0.25, 0.3) is 0 Å². The number of non-ortho nitro benzene ring substituents is 1. The Morgan fingerprint density at radius 2 is 1.67 bits per heavy atom. The van der Waals surface area contributed by atoms with Crippen LogP contribution in [0.5, 0.6) is 0 Å². The topological polar surface area (TPSA) is 118 Å². The standard InChI is InChI=1S/C20H13ClF3N3O5S/c21-13-4-7-16(8-5-13)33(31,32)26-18-9-6-15(27(29)30)11-17(18)19(28)25-14-3-1-2-12(10-14)20(22,23)24/h1-11,26H,(H,25,28). The molecule has 0 aliphatic heterocycles. The summed E-state index contributed by atoms with van der Waals surface area (Å²) in [7, 11) is -4.23. The molecular weight excluding hydrogens is 487 g/mol. The van der Waals surface area contributed by atoms with Crippen LogP contribution in [0.1, 0.15) is 15.9 Å². The highest BCUT2D eigenvalue weighted by molar-refractivity contribution is 7.92. The van der Waals surface area contributed by atoms with Crippen LogP contribution in [0.15, 0.2) is 71.6 Å². The predicted molar refractivity (Wildman–Crippen MR) is 115 cm³/mol. The molecule has 172 valence electrons. The van der Waals surface area contributed by atoms with Gasteiger partial charge >= 0.3 is 6.18 Å². The fourth-order valence-corrected chi connectivity index (χ4v) is 3.92. The van der Waals surface area contributed by atoms with Crippen molar-refractivity contribution in [3.05, 3.63) is 93.0 Å². The van der Waals surface area contributed by atoms with Crippen molar-refractivity contribution in [1.29, 1.82) is 0 Å². The minimum atomic E-state index is -4.66. The van der Waals surface area contributed by atoms with Crippen LogP contribution >= 0.6 is 11.6 Å². The Morgan fingerprint density at radius 1 is 1.00 bits per heavy atom. The maximum Gasteiger partial charge on any atom is 0.416 e. The van der Waals surface area contributed by atoms with E-state index in [1.807, 2.05) is 0 Å². The van der Waals surface area contributed by atoms with Gasteiger partial charge in [0.2, 0.25) is 0 Å². The van der Waals surface area contributed by atoms with E-state index in [-0.39, 0.29) is 21.3 Å². The third kappa shape index (κ3) is 5.79. The van der Waals surface area contributed by atoms with Crippen molar-refractivity contribution in [2.24, 2.45) is 0 Å². The Kier molecular flexibility index (Phi) is 6.60. The van der Waals surface area contributed by atoms with E-state index in [1.165, 1.54) is 30.3 Å². The molecule has 3 aromatic rings. The molecule has 0 saturated heterocycles. The molecule has 3 aromatic carbocycles. The maximum absolute atomic E-state index is 12.9. The Bertz CT molecular complexity index is 1330. The molecule has 0 saturated carbocycles. The van der Waals surface area contributed by atoms with Gasteiger partial charge in [-0.25, -0.2) is 8.42 Å². The molecule has 0 radical (unpaired) electrons. The highest BCUT2D eigenvalue weighted by Gasteiger charge is 2.30. The summed E-state index contributed by atoms with van der Waals surface area (Å²) < 4.78 is 66.3. The molecule has 0 bridgehead atoms. The number of nitrogens with one attached hydrogen (secondary N) is 2. The SMILES string of the molecule is O=C(Nc1cccc(C(F)(F)F)c1)c1cc([N+](=O)[O-])ccc1NS(=O)(=O)c1ccc(Cl)cc1. The van der Waals surface area contributed by atoms with E-state index in [9.17, 15) is 36.5 Å². The zero-order chi connectivity index (χ0) is 24.4. The minimum Gasteiger partial charge on any atom is -0.322 e. The molecular formula is C20H13ClF3N3O5S. The Labute approximate surface area is 190 Å². The molecule has 13 heteroatoms. The summed E-state index contributed by atoms with van der Waals surface area (Å²) in [5, 5.41) is 13.6. The normalized spacial score (nSPS) is 11.6. The zero-order valence-corrected chi connectivity index (χ0v) is 17.8. The van der Waals surface area contributed by atoms with Gasteiger partial charge in [-0.15, -0.1) is 0 Å². The van der Waals surface area contributed by atoms with Gasteiger partial charge < -0.3 is 5.32 Å². The van der Waals surface area contributed by atoms with E-state index in [1.54, 1.807) is 0 Å². The summed E-state index contributed by atoms with van der Waals surface area (Å²) in [4.78, 5) is 22.9. The van der Waals surface area contributed by atoms with Crippen molar-refractivity contribution in [2.45, 2.75) is 11.1 Å². The quantitative estimate of drug-likeness (QED) is 0.351. The van der Waals surface area contributed by atoms with Gasteiger partial charge in [0.25, 0.3) is 21.6 Å². The number of hydrogen-bond acceptors (Lipinski definition) is 5. The summed E-state index contributed by atoms with van der Waals surface area (Å²) in [6, 6.07) is 11.6. The smallest absolute Gasteiger partial charge is 0.322 e.